The van der Waals surface area contributed by atoms with Crippen LogP contribution in [-0.2, 0) is 0 Å². The van der Waals surface area contributed by atoms with E-state index in [0.717, 1.165) is 34.9 Å². The SMILES string of the molecule is CNc1ccc(C(=O)N2CCSCC2C)c(C)c1. The second kappa shape index (κ2) is 5.65. The topological polar surface area (TPSA) is 32.3 Å². The third-order valence-electron chi connectivity index (χ3n) is 3.37. The quantitative estimate of drug-likeness (QED) is 0.891. The number of benzene rings is 1. The van der Waals surface area contributed by atoms with Crippen LogP contribution in [0.2, 0.25) is 0 Å². The maximum Gasteiger partial charge on any atom is 0.254 e. The van der Waals surface area contributed by atoms with Crippen LogP contribution in [0.15, 0.2) is 18.2 Å². The van der Waals surface area contributed by atoms with E-state index in [1.54, 1.807) is 0 Å². The van der Waals surface area contributed by atoms with Crippen LogP contribution in [0, 0.1) is 6.92 Å². The molecule has 1 aliphatic heterocycles. The van der Waals surface area contributed by atoms with E-state index in [2.05, 4.69) is 12.2 Å². The number of thioether (sulfide) groups is 1. The Balaban J connectivity index is 2.22. The van der Waals surface area contributed by atoms with Gasteiger partial charge in [0.15, 0.2) is 0 Å². The van der Waals surface area contributed by atoms with E-state index in [0.29, 0.717) is 6.04 Å². The van der Waals surface area contributed by atoms with Gasteiger partial charge in [-0.1, -0.05) is 0 Å². The number of hydrogen-bond donors (Lipinski definition) is 1. The van der Waals surface area contributed by atoms with Crippen LogP contribution in [0.4, 0.5) is 5.69 Å². The van der Waals surface area contributed by atoms with Gasteiger partial charge in [0.05, 0.1) is 0 Å². The maximum absolute atomic E-state index is 12.5. The normalized spacial score (nSPS) is 19.7. The zero-order valence-electron chi connectivity index (χ0n) is 11.2. The molecule has 0 radical (unpaired) electrons. The van der Waals surface area contributed by atoms with E-state index >= 15 is 0 Å². The molecule has 1 heterocycles. The van der Waals surface area contributed by atoms with Gasteiger partial charge in [-0.3, -0.25) is 4.79 Å². The predicted molar refractivity (Wildman–Crippen MR) is 78.5 cm³/mol. The highest BCUT2D eigenvalue weighted by molar-refractivity contribution is 7.99. The smallest absolute Gasteiger partial charge is 0.254 e. The van der Waals surface area contributed by atoms with Crippen LogP contribution in [0.1, 0.15) is 22.8 Å². The Morgan fingerprint density at radius 3 is 2.89 bits per heavy atom. The van der Waals surface area contributed by atoms with Crippen LogP contribution >= 0.6 is 11.8 Å². The number of anilines is 1. The van der Waals surface area contributed by atoms with Crippen LogP contribution < -0.4 is 5.32 Å². The van der Waals surface area contributed by atoms with Crippen molar-refractivity contribution in [2.45, 2.75) is 19.9 Å². The highest BCUT2D eigenvalue weighted by Gasteiger charge is 2.25. The van der Waals surface area contributed by atoms with E-state index in [9.17, 15) is 4.79 Å². The van der Waals surface area contributed by atoms with Crippen LogP contribution in [-0.4, -0.2) is 41.9 Å². The van der Waals surface area contributed by atoms with Gasteiger partial charge < -0.3 is 10.2 Å². The fourth-order valence-electron chi connectivity index (χ4n) is 2.24. The van der Waals surface area contributed by atoms with Crippen LogP contribution in [0.5, 0.6) is 0 Å². The number of rotatable bonds is 2. The molecule has 0 aliphatic carbocycles. The van der Waals surface area contributed by atoms with Gasteiger partial charge in [0.1, 0.15) is 0 Å². The molecule has 0 bridgehead atoms. The Kier molecular flexibility index (Phi) is 4.17. The van der Waals surface area contributed by atoms with Crippen molar-refractivity contribution in [3.05, 3.63) is 29.3 Å². The largest absolute Gasteiger partial charge is 0.388 e. The Morgan fingerprint density at radius 2 is 2.28 bits per heavy atom. The molecule has 0 saturated carbocycles. The molecular weight excluding hydrogens is 244 g/mol. The number of nitrogens with one attached hydrogen (secondary N) is 1. The molecule has 1 amide bonds. The van der Waals surface area contributed by atoms with E-state index in [1.165, 1.54) is 0 Å². The van der Waals surface area contributed by atoms with Crippen molar-refractivity contribution in [1.82, 2.24) is 4.90 Å². The minimum atomic E-state index is 0.169. The molecule has 1 saturated heterocycles. The summed E-state index contributed by atoms with van der Waals surface area (Å²) in [7, 11) is 1.89. The van der Waals surface area contributed by atoms with Crippen molar-refractivity contribution < 1.29 is 4.79 Å². The van der Waals surface area contributed by atoms with Crippen LogP contribution in [0.3, 0.4) is 0 Å². The lowest BCUT2D eigenvalue weighted by molar-refractivity contribution is 0.0715. The first-order valence-corrected chi connectivity index (χ1v) is 7.46. The Labute approximate surface area is 113 Å². The molecular formula is C14H20N2OS. The van der Waals surface area contributed by atoms with Crippen molar-refractivity contribution >= 4 is 23.4 Å². The summed E-state index contributed by atoms with van der Waals surface area (Å²) in [5.74, 6) is 2.26. The van der Waals surface area contributed by atoms with Gasteiger partial charge in [-0.05, 0) is 37.6 Å². The first-order valence-electron chi connectivity index (χ1n) is 6.30. The maximum atomic E-state index is 12.5. The highest BCUT2D eigenvalue weighted by Crippen LogP contribution is 2.21. The van der Waals surface area contributed by atoms with Gasteiger partial charge in [0.2, 0.25) is 0 Å². The predicted octanol–water partition coefficient (Wildman–Crippen LogP) is 2.61. The molecule has 1 fully saturated rings. The van der Waals surface area contributed by atoms with Crippen molar-refractivity contribution in [1.29, 1.82) is 0 Å². The Bertz CT molecular complexity index is 447. The average Bonchev–Trinajstić information content (AvgIpc) is 2.38. The van der Waals surface area contributed by atoms with Crippen LogP contribution in [0.25, 0.3) is 0 Å². The second-order valence-corrected chi connectivity index (χ2v) is 5.85. The standard InChI is InChI=1S/C14H20N2OS/c1-10-8-12(15-3)4-5-13(10)14(17)16-6-7-18-9-11(16)2/h4-5,8,11,15H,6-7,9H2,1-3H3. The lowest BCUT2D eigenvalue weighted by Crippen LogP contribution is -2.44. The molecule has 4 heteroatoms. The summed E-state index contributed by atoms with van der Waals surface area (Å²) in [5, 5.41) is 3.09. The number of amides is 1. The molecule has 3 nitrogen and oxygen atoms in total. The lowest BCUT2D eigenvalue weighted by atomic mass is 10.1. The first kappa shape index (κ1) is 13.3. The zero-order chi connectivity index (χ0) is 13.1. The van der Waals surface area contributed by atoms with Gasteiger partial charge in [0.25, 0.3) is 5.91 Å². The minimum absolute atomic E-state index is 0.169. The molecule has 1 aliphatic rings. The summed E-state index contributed by atoms with van der Waals surface area (Å²) >= 11 is 1.93. The molecule has 1 aromatic carbocycles. The summed E-state index contributed by atoms with van der Waals surface area (Å²) in [6, 6.07) is 6.25. The zero-order valence-corrected chi connectivity index (χ0v) is 12.0. The summed E-state index contributed by atoms with van der Waals surface area (Å²) in [6.45, 7) is 4.98. The molecule has 18 heavy (non-hydrogen) atoms. The molecule has 1 aromatic rings. The fraction of sp³-hybridized carbons (Fsp3) is 0.500. The van der Waals surface area contributed by atoms with Gasteiger partial charge in [0, 0.05) is 42.4 Å². The number of carbonyl (C=O) groups is 1. The monoisotopic (exact) mass is 264 g/mol. The average molecular weight is 264 g/mol. The summed E-state index contributed by atoms with van der Waals surface area (Å²) in [6.07, 6.45) is 0. The van der Waals surface area contributed by atoms with Crippen molar-refractivity contribution in [3.8, 4) is 0 Å². The van der Waals surface area contributed by atoms with Crippen molar-refractivity contribution in [3.63, 3.8) is 0 Å². The van der Waals surface area contributed by atoms with E-state index < -0.39 is 0 Å². The van der Waals surface area contributed by atoms with E-state index in [-0.39, 0.29) is 5.91 Å². The molecule has 0 spiro atoms. The third kappa shape index (κ3) is 2.64. The number of nitrogens with zero attached hydrogens (tertiary/aromatic N) is 1. The van der Waals surface area contributed by atoms with Gasteiger partial charge in [-0.25, -0.2) is 0 Å². The molecule has 1 atom stereocenters. The summed E-state index contributed by atoms with van der Waals surface area (Å²) in [5.41, 5.74) is 2.91. The van der Waals surface area contributed by atoms with E-state index in [1.807, 2.05) is 48.8 Å². The Hall–Kier alpha value is -1.16. The fourth-order valence-corrected chi connectivity index (χ4v) is 3.26. The summed E-state index contributed by atoms with van der Waals surface area (Å²) in [4.78, 5) is 14.5. The van der Waals surface area contributed by atoms with Crippen molar-refractivity contribution in [2.24, 2.45) is 0 Å². The third-order valence-corrected chi connectivity index (χ3v) is 4.56. The molecule has 1 unspecified atom stereocenters. The second-order valence-electron chi connectivity index (χ2n) is 4.70. The molecule has 1 N–H and O–H groups in total. The minimum Gasteiger partial charge on any atom is -0.388 e. The van der Waals surface area contributed by atoms with E-state index in [4.69, 9.17) is 0 Å². The number of aryl methyl sites for hydroxylation is 1. The molecule has 98 valence electrons. The summed E-state index contributed by atoms with van der Waals surface area (Å²) < 4.78 is 0. The van der Waals surface area contributed by atoms with Gasteiger partial charge in [-0.2, -0.15) is 11.8 Å². The molecule has 2 rings (SSSR count). The highest BCUT2D eigenvalue weighted by atomic mass is 32.2. The molecule has 0 aromatic heterocycles. The number of hydrogen-bond acceptors (Lipinski definition) is 3. The lowest BCUT2D eigenvalue weighted by Gasteiger charge is -2.33. The van der Waals surface area contributed by atoms with Crippen molar-refractivity contribution in [2.75, 3.05) is 30.4 Å². The van der Waals surface area contributed by atoms with Gasteiger partial charge in [-0.15, -0.1) is 0 Å². The van der Waals surface area contributed by atoms with Gasteiger partial charge >= 0.3 is 0 Å². The Morgan fingerprint density at radius 1 is 1.50 bits per heavy atom. The number of carbonyl (C=O) groups excluding carboxylic acids is 1. The first-order chi connectivity index (χ1) is 8.63.